The molecule has 8 nitrogen and oxygen atoms in total. The SMILES string of the molecule is CCCCCCCCCC(=O)OC(C)CN1C(=O)c2cccc(N3CCC(c4noc5cc(F)ccc45)CC3)c2C1=O. The zero-order valence-corrected chi connectivity index (χ0v) is 24.6. The molecule has 2 aliphatic rings. The highest BCUT2D eigenvalue weighted by atomic mass is 19.1. The molecule has 5 rings (SSSR count). The van der Waals surface area contributed by atoms with Crippen molar-refractivity contribution in [2.45, 2.75) is 90.1 Å². The van der Waals surface area contributed by atoms with Gasteiger partial charge >= 0.3 is 5.97 Å². The lowest BCUT2D eigenvalue weighted by Gasteiger charge is -2.33. The molecule has 2 amide bonds. The number of fused-ring (bicyclic) bond motifs is 2. The monoisotopic (exact) mass is 577 g/mol. The van der Waals surface area contributed by atoms with E-state index in [2.05, 4.69) is 17.0 Å². The Hall–Kier alpha value is -3.75. The van der Waals surface area contributed by atoms with Gasteiger partial charge in [0.05, 0.1) is 29.1 Å². The topological polar surface area (TPSA) is 92.9 Å². The van der Waals surface area contributed by atoms with Gasteiger partial charge in [0, 0.05) is 36.9 Å². The van der Waals surface area contributed by atoms with E-state index in [1.165, 1.54) is 42.7 Å². The third-order valence-corrected chi connectivity index (χ3v) is 8.42. The quantitative estimate of drug-likeness (QED) is 0.122. The maximum Gasteiger partial charge on any atom is 0.306 e. The zero-order chi connectivity index (χ0) is 29.6. The summed E-state index contributed by atoms with van der Waals surface area (Å²) < 4.78 is 24.5. The minimum atomic E-state index is -0.589. The van der Waals surface area contributed by atoms with Gasteiger partial charge in [-0.2, -0.15) is 0 Å². The Balaban J connectivity index is 1.16. The van der Waals surface area contributed by atoms with Crippen molar-refractivity contribution < 1.29 is 28.0 Å². The predicted octanol–water partition coefficient (Wildman–Crippen LogP) is 7.02. The maximum atomic E-state index is 13.6. The molecule has 1 unspecified atom stereocenters. The molecule has 2 aromatic carbocycles. The fourth-order valence-electron chi connectivity index (χ4n) is 6.17. The van der Waals surface area contributed by atoms with Gasteiger partial charge in [-0.05, 0) is 50.5 Å². The van der Waals surface area contributed by atoms with Crippen LogP contribution in [0.2, 0.25) is 0 Å². The molecule has 0 saturated carbocycles. The van der Waals surface area contributed by atoms with Crippen molar-refractivity contribution >= 4 is 34.4 Å². The van der Waals surface area contributed by atoms with Gasteiger partial charge in [-0.25, -0.2) is 4.39 Å². The molecule has 3 aromatic rings. The third kappa shape index (κ3) is 6.50. The average Bonchev–Trinajstić information content (AvgIpc) is 3.51. The van der Waals surface area contributed by atoms with Crippen molar-refractivity contribution in [2.24, 2.45) is 0 Å². The van der Waals surface area contributed by atoms with Crippen LogP contribution in [-0.2, 0) is 9.53 Å². The van der Waals surface area contributed by atoms with E-state index in [4.69, 9.17) is 9.26 Å². The number of halogens is 1. The molecule has 1 fully saturated rings. The number of hydrogen-bond acceptors (Lipinski definition) is 7. The Morgan fingerprint density at radius 1 is 1.05 bits per heavy atom. The molecule has 9 heteroatoms. The number of esters is 1. The number of ether oxygens (including phenoxy) is 1. The van der Waals surface area contributed by atoms with Crippen LogP contribution < -0.4 is 4.90 Å². The average molecular weight is 578 g/mol. The number of imide groups is 1. The van der Waals surface area contributed by atoms with E-state index in [-0.39, 0.29) is 36.1 Å². The van der Waals surface area contributed by atoms with E-state index >= 15 is 0 Å². The summed E-state index contributed by atoms with van der Waals surface area (Å²) in [5.41, 5.74) is 2.80. The van der Waals surface area contributed by atoms with Crippen molar-refractivity contribution in [3.05, 3.63) is 59.0 Å². The number of piperidine rings is 1. The summed E-state index contributed by atoms with van der Waals surface area (Å²) in [5.74, 6) is -1.21. The fourth-order valence-corrected chi connectivity index (χ4v) is 6.17. The number of aromatic nitrogens is 1. The molecule has 0 N–H and O–H groups in total. The summed E-state index contributed by atoms with van der Waals surface area (Å²) in [7, 11) is 0. The van der Waals surface area contributed by atoms with Crippen LogP contribution in [0.15, 0.2) is 40.9 Å². The molecule has 1 aromatic heterocycles. The molecule has 3 heterocycles. The molecule has 0 radical (unpaired) electrons. The van der Waals surface area contributed by atoms with Gasteiger partial charge in [-0.1, -0.05) is 56.7 Å². The van der Waals surface area contributed by atoms with E-state index in [9.17, 15) is 18.8 Å². The molecule has 1 atom stereocenters. The number of carbonyl (C=O) groups is 3. The molecule has 42 heavy (non-hydrogen) atoms. The number of carbonyl (C=O) groups excluding carboxylic acids is 3. The predicted molar refractivity (Wildman–Crippen MR) is 158 cm³/mol. The highest BCUT2D eigenvalue weighted by Gasteiger charge is 2.40. The van der Waals surface area contributed by atoms with Gasteiger partial charge in [-0.15, -0.1) is 0 Å². The smallest absolute Gasteiger partial charge is 0.306 e. The van der Waals surface area contributed by atoms with Crippen LogP contribution >= 0.6 is 0 Å². The van der Waals surface area contributed by atoms with Crippen LogP contribution in [0, 0.1) is 5.82 Å². The summed E-state index contributed by atoms with van der Waals surface area (Å²) in [4.78, 5) is 42.5. The number of hydrogen-bond donors (Lipinski definition) is 0. The van der Waals surface area contributed by atoms with Crippen LogP contribution in [-0.4, -0.2) is 53.6 Å². The number of amides is 2. The lowest BCUT2D eigenvalue weighted by molar-refractivity contribution is -0.148. The van der Waals surface area contributed by atoms with Crippen LogP contribution in [0.25, 0.3) is 11.0 Å². The number of unbranched alkanes of at least 4 members (excludes halogenated alkanes) is 6. The Kier molecular flexibility index (Phi) is 9.55. The fraction of sp³-hybridized carbons (Fsp3) is 0.515. The number of rotatable bonds is 13. The molecule has 0 aliphatic carbocycles. The second-order valence-electron chi connectivity index (χ2n) is 11.6. The lowest BCUT2D eigenvalue weighted by Crippen LogP contribution is -2.38. The first-order valence-corrected chi connectivity index (χ1v) is 15.4. The Labute approximate surface area is 246 Å². The number of nitrogens with zero attached hydrogens (tertiary/aromatic N) is 3. The van der Waals surface area contributed by atoms with Gasteiger partial charge in [0.25, 0.3) is 11.8 Å². The molecular formula is C33H40FN3O5. The minimum absolute atomic E-state index is 0.0243. The van der Waals surface area contributed by atoms with Crippen LogP contribution in [0.4, 0.5) is 10.1 Å². The summed E-state index contributed by atoms with van der Waals surface area (Å²) in [6.45, 7) is 5.28. The highest BCUT2D eigenvalue weighted by Crippen LogP contribution is 2.37. The van der Waals surface area contributed by atoms with Gasteiger partial charge in [0.15, 0.2) is 5.58 Å². The van der Waals surface area contributed by atoms with Gasteiger partial charge in [-0.3, -0.25) is 19.3 Å². The highest BCUT2D eigenvalue weighted by molar-refractivity contribution is 6.23. The second kappa shape index (κ2) is 13.5. The van der Waals surface area contributed by atoms with Crippen molar-refractivity contribution in [3.63, 3.8) is 0 Å². The van der Waals surface area contributed by atoms with Crippen molar-refractivity contribution in [1.29, 1.82) is 0 Å². The second-order valence-corrected chi connectivity index (χ2v) is 11.6. The summed E-state index contributed by atoms with van der Waals surface area (Å²) >= 11 is 0. The standard InChI is InChI=1S/C33H40FN3O5/c1-3-4-5-6-7-8-9-13-29(38)41-22(2)21-37-32(39)26-11-10-12-27(30(26)33(37)40)36-18-16-23(17-19-36)31-25-15-14-24(34)20-28(25)42-35-31/h10-12,14-15,20,22-23H,3-9,13,16-19,21H2,1-2H3. The molecule has 0 spiro atoms. The largest absolute Gasteiger partial charge is 0.461 e. The first-order valence-electron chi connectivity index (χ1n) is 15.4. The summed E-state index contributed by atoms with van der Waals surface area (Å²) in [6, 6.07) is 9.84. The van der Waals surface area contributed by atoms with E-state index in [1.54, 1.807) is 25.1 Å². The van der Waals surface area contributed by atoms with Crippen LogP contribution in [0.5, 0.6) is 0 Å². The molecule has 224 valence electrons. The Morgan fingerprint density at radius 3 is 2.55 bits per heavy atom. The lowest BCUT2D eigenvalue weighted by atomic mass is 9.91. The van der Waals surface area contributed by atoms with Crippen molar-refractivity contribution in [2.75, 3.05) is 24.5 Å². The first-order chi connectivity index (χ1) is 20.4. The molecule has 2 aliphatic heterocycles. The van der Waals surface area contributed by atoms with E-state index < -0.39 is 6.10 Å². The third-order valence-electron chi connectivity index (χ3n) is 8.42. The number of anilines is 1. The van der Waals surface area contributed by atoms with E-state index in [1.807, 2.05) is 6.07 Å². The summed E-state index contributed by atoms with van der Waals surface area (Å²) in [5, 5.41) is 5.05. The van der Waals surface area contributed by atoms with Crippen LogP contribution in [0.3, 0.4) is 0 Å². The zero-order valence-electron chi connectivity index (χ0n) is 24.6. The summed E-state index contributed by atoms with van der Waals surface area (Å²) in [6.07, 6.45) is 9.12. The first kappa shape index (κ1) is 29.7. The minimum Gasteiger partial charge on any atom is -0.461 e. The maximum absolute atomic E-state index is 13.6. The van der Waals surface area contributed by atoms with Gasteiger partial charge in [0.2, 0.25) is 0 Å². The van der Waals surface area contributed by atoms with E-state index in [0.717, 1.165) is 48.9 Å². The Bertz CT molecular complexity index is 1430. The van der Waals surface area contributed by atoms with E-state index in [0.29, 0.717) is 36.2 Å². The number of benzene rings is 2. The van der Waals surface area contributed by atoms with Gasteiger partial charge < -0.3 is 14.2 Å². The van der Waals surface area contributed by atoms with Crippen molar-refractivity contribution in [1.82, 2.24) is 10.1 Å². The molecule has 1 saturated heterocycles. The normalized spacial score (nSPS) is 16.4. The van der Waals surface area contributed by atoms with Gasteiger partial charge in [0.1, 0.15) is 11.9 Å². The Morgan fingerprint density at radius 2 is 1.79 bits per heavy atom. The van der Waals surface area contributed by atoms with Crippen molar-refractivity contribution in [3.8, 4) is 0 Å². The molecular weight excluding hydrogens is 537 g/mol. The van der Waals surface area contributed by atoms with Crippen LogP contribution in [0.1, 0.15) is 110 Å². The molecule has 0 bridgehead atoms.